The zero-order chi connectivity index (χ0) is 29.7. The van der Waals surface area contributed by atoms with Gasteiger partial charge in [0.15, 0.2) is 0 Å². The summed E-state index contributed by atoms with van der Waals surface area (Å²) in [4.78, 5) is 24.7. The first-order valence-corrected chi connectivity index (χ1v) is 14.8. The van der Waals surface area contributed by atoms with Gasteiger partial charge < -0.3 is 0 Å². The molecule has 6 nitrogen and oxygen atoms in total. The molecule has 0 N–H and O–H groups in total. The zero-order valence-electron chi connectivity index (χ0n) is 24.0. The second-order valence-electron chi connectivity index (χ2n) is 11.1. The van der Waals surface area contributed by atoms with Crippen LogP contribution in [0.15, 0.2) is 146 Å². The third kappa shape index (κ3) is 4.48. The molecule has 210 valence electrons. The van der Waals surface area contributed by atoms with Crippen molar-refractivity contribution in [3.05, 3.63) is 146 Å². The molecule has 0 spiro atoms. The van der Waals surface area contributed by atoms with E-state index in [0.717, 1.165) is 78.0 Å². The van der Waals surface area contributed by atoms with Crippen LogP contribution in [0.1, 0.15) is 0 Å². The molecule has 0 saturated heterocycles. The second kappa shape index (κ2) is 10.2. The van der Waals surface area contributed by atoms with Gasteiger partial charge in [-0.2, -0.15) is 0 Å². The van der Waals surface area contributed by atoms with Gasteiger partial charge >= 0.3 is 0 Å². The summed E-state index contributed by atoms with van der Waals surface area (Å²) in [6, 6.07) is 47.4. The monoisotopic (exact) mass is 576 g/mol. The Bertz CT molecular complexity index is 2470. The van der Waals surface area contributed by atoms with Gasteiger partial charge in [0, 0.05) is 22.5 Å². The summed E-state index contributed by atoms with van der Waals surface area (Å²) in [6.45, 7) is 0. The van der Waals surface area contributed by atoms with Crippen molar-refractivity contribution in [1.29, 1.82) is 0 Å². The van der Waals surface area contributed by atoms with Crippen LogP contribution in [0.5, 0.6) is 0 Å². The van der Waals surface area contributed by atoms with Gasteiger partial charge in [0.2, 0.25) is 5.78 Å². The Morgan fingerprint density at radius 1 is 0.356 bits per heavy atom. The number of imidazole rings is 1. The highest BCUT2D eigenvalue weighted by Gasteiger charge is 2.14. The highest BCUT2D eigenvalue weighted by Crippen LogP contribution is 2.32. The Morgan fingerprint density at radius 3 is 1.69 bits per heavy atom. The predicted molar refractivity (Wildman–Crippen MR) is 181 cm³/mol. The van der Waals surface area contributed by atoms with E-state index in [1.54, 1.807) is 0 Å². The van der Waals surface area contributed by atoms with Crippen LogP contribution in [0.3, 0.4) is 0 Å². The Labute approximate surface area is 258 Å². The number of pyridine rings is 3. The summed E-state index contributed by atoms with van der Waals surface area (Å²) in [5.41, 5.74) is 11.0. The standard InChI is InChI=1S/C39H24N6/c1-3-12-30-25(8-1)16-18-33(40-30)36-23-29(24-37(42-36)34-19-17-26-9-2-4-13-31(26)41-34)27-10-7-11-28(22-27)32-20-21-45-38-15-6-5-14-35(38)44-39(45)43-32/h1-24H. The third-order valence-corrected chi connectivity index (χ3v) is 8.22. The molecule has 6 heteroatoms. The van der Waals surface area contributed by atoms with Crippen LogP contribution in [0, 0.1) is 0 Å². The van der Waals surface area contributed by atoms with Gasteiger partial charge in [-0.3, -0.25) is 4.40 Å². The van der Waals surface area contributed by atoms with Gasteiger partial charge in [-0.25, -0.2) is 24.9 Å². The quantitative estimate of drug-likeness (QED) is 0.209. The summed E-state index contributed by atoms with van der Waals surface area (Å²) < 4.78 is 2.03. The minimum Gasteiger partial charge on any atom is -0.284 e. The number of para-hydroxylation sites is 4. The number of hydrogen-bond acceptors (Lipinski definition) is 5. The Morgan fingerprint density at radius 2 is 0.978 bits per heavy atom. The fraction of sp³-hybridized carbons (Fsp3) is 0. The molecule has 5 aromatic heterocycles. The van der Waals surface area contributed by atoms with Crippen LogP contribution >= 0.6 is 0 Å². The first-order chi connectivity index (χ1) is 22.2. The summed E-state index contributed by atoms with van der Waals surface area (Å²) >= 11 is 0. The molecule has 0 radical (unpaired) electrons. The van der Waals surface area contributed by atoms with Crippen molar-refractivity contribution in [2.24, 2.45) is 0 Å². The number of fused-ring (bicyclic) bond motifs is 5. The number of hydrogen-bond donors (Lipinski definition) is 0. The lowest BCUT2D eigenvalue weighted by Gasteiger charge is -2.11. The van der Waals surface area contributed by atoms with Gasteiger partial charge in [-0.05, 0) is 71.8 Å². The molecule has 0 bridgehead atoms. The average Bonchev–Trinajstić information content (AvgIpc) is 3.49. The smallest absolute Gasteiger partial charge is 0.235 e. The number of benzene rings is 4. The van der Waals surface area contributed by atoms with E-state index in [-0.39, 0.29) is 0 Å². The van der Waals surface area contributed by atoms with E-state index in [1.165, 1.54) is 0 Å². The van der Waals surface area contributed by atoms with Crippen molar-refractivity contribution >= 4 is 38.6 Å². The molecule has 4 aromatic carbocycles. The highest BCUT2D eigenvalue weighted by molar-refractivity contribution is 5.85. The van der Waals surface area contributed by atoms with E-state index in [9.17, 15) is 0 Å². The molecule has 0 atom stereocenters. The van der Waals surface area contributed by atoms with E-state index in [4.69, 9.17) is 24.9 Å². The molecule has 0 aliphatic carbocycles. The molecule has 0 aliphatic heterocycles. The molecule has 0 aliphatic rings. The van der Waals surface area contributed by atoms with Gasteiger partial charge in [-0.15, -0.1) is 0 Å². The number of aromatic nitrogens is 6. The first kappa shape index (κ1) is 25.2. The summed E-state index contributed by atoms with van der Waals surface area (Å²) in [7, 11) is 0. The average molecular weight is 577 g/mol. The molecular formula is C39H24N6. The van der Waals surface area contributed by atoms with Crippen LogP contribution in [0.25, 0.3) is 83.8 Å². The molecule has 0 saturated carbocycles. The SMILES string of the molecule is c1cc(-c2cc(-c3ccc4ccccc4n3)nc(-c3ccc4ccccc4n3)c2)cc(-c2ccn3c(n2)nc2ccccc23)c1. The topological polar surface area (TPSA) is 68.9 Å². The molecule has 9 rings (SSSR count). The lowest BCUT2D eigenvalue weighted by atomic mass is 9.99. The van der Waals surface area contributed by atoms with E-state index >= 15 is 0 Å². The Balaban J connectivity index is 1.19. The fourth-order valence-electron chi connectivity index (χ4n) is 5.94. The minimum absolute atomic E-state index is 0.678. The number of rotatable bonds is 4. The molecule has 0 amide bonds. The maximum absolute atomic E-state index is 5.10. The Kier molecular flexibility index (Phi) is 5.71. The molecule has 0 fully saturated rings. The van der Waals surface area contributed by atoms with Crippen LogP contribution in [0.2, 0.25) is 0 Å². The summed E-state index contributed by atoms with van der Waals surface area (Å²) in [5.74, 6) is 0.678. The largest absolute Gasteiger partial charge is 0.284 e. The maximum atomic E-state index is 5.10. The van der Waals surface area contributed by atoms with E-state index in [0.29, 0.717) is 5.78 Å². The maximum Gasteiger partial charge on any atom is 0.235 e. The van der Waals surface area contributed by atoms with Crippen molar-refractivity contribution in [2.75, 3.05) is 0 Å². The van der Waals surface area contributed by atoms with E-state index in [1.807, 2.05) is 83.4 Å². The van der Waals surface area contributed by atoms with E-state index < -0.39 is 0 Å². The van der Waals surface area contributed by atoms with Crippen molar-refractivity contribution < 1.29 is 0 Å². The van der Waals surface area contributed by atoms with Crippen LogP contribution in [-0.2, 0) is 0 Å². The predicted octanol–water partition coefficient (Wildman–Crippen LogP) is 9.04. The number of nitrogens with zero attached hydrogens (tertiary/aromatic N) is 6. The lowest BCUT2D eigenvalue weighted by molar-refractivity contribution is 1.14. The molecular weight excluding hydrogens is 552 g/mol. The third-order valence-electron chi connectivity index (χ3n) is 8.22. The van der Waals surface area contributed by atoms with Crippen molar-refractivity contribution in [1.82, 2.24) is 29.3 Å². The minimum atomic E-state index is 0.678. The summed E-state index contributed by atoms with van der Waals surface area (Å²) in [6.07, 6.45) is 2.04. The van der Waals surface area contributed by atoms with Crippen LogP contribution in [0.4, 0.5) is 0 Å². The first-order valence-electron chi connectivity index (χ1n) is 14.8. The van der Waals surface area contributed by atoms with Crippen molar-refractivity contribution in [2.45, 2.75) is 0 Å². The van der Waals surface area contributed by atoms with Gasteiger partial charge in [0.05, 0.1) is 50.5 Å². The lowest BCUT2D eigenvalue weighted by Crippen LogP contribution is -1.95. The normalized spacial score (nSPS) is 11.6. The van der Waals surface area contributed by atoms with Gasteiger partial charge in [0.1, 0.15) is 0 Å². The van der Waals surface area contributed by atoms with Gasteiger partial charge in [0.25, 0.3) is 0 Å². The molecule has 9 aromatic rings. The van der Waals surface area contributed by atoms with E-state index in [2.05, 4.69) is 66.7 Å². The van der Waals surface area contributed by atoms with Crippen LogP contribution < -0.4 is 0 Å². The van der Waals surface area contributed by atoms with Crippen molar-refractivity contribution in [3.63, 3.8) is 0 Å². The van der Waals surface area contributed by atoms with Crippen molar-refractivity contribution in [3.8, 4) is 45.2 Å². The van der Waals surface area contributed by atoms with Gasteiger partial charge in [-0.1, -0.05) is 78.9 Å². The Hall–Kier alpha value is -6.27. The zero-order valence-corrected chi connectivity index (χ0v) is 24.0. The summed E-state index contributed by atoms with van der Waals surface area (Å²) in [5, 5.41) is 2.19. The second-order valence-corrected chi connectivity index (χ2v) is 11.1. The molecule has 0 unspecified atom stereocenters. The highest BCUT2D eigenvalue weighted by atomic mass is 15.1. The molecule has 45 heavy (non-hydrogen) atoms. The molecule has 5 heterocycles. The fourth-order valence-corrected chi connectivity index (χ4v) is 5.94. The van der Waals surface area contributed by atoms with Crippen LogP contribution in [-0.4, -0.2) is 29.3 Å².